The molecule has 34 heavy (non-hydrogen) atoms. The molecule has 1 aliphatic heterocycles. The van der Waals surface area contributed by atoms with Gasteiger partial charge in [-0.3, -0.25) is 14.2 Å². The van der Waals surface area contributed by atoms with E-state index in [9.17, 15) is 20.0 Å². The zero-order chi connectivity index (χ0) is 24.7. The van der Waals surface area contributed by atoms with E-state index >= 15 is 0 Å². The van der Waals surface area contributed by atoms with E-state index in [0.717, 1.165) is 30.0 Å². The molecular formula is C25H33N5O3S. The lowest BCUT2D eigenvalue weighted by Gasteiger charge is -2.22. The number of nitriles is 1. The topological polar surface area (TPSA) is 110 Å². The smallest absolute Gasteiger partial charge is 0.270 e. The van der Waals surface area contributed by atoms with Crippen molar-refractivity contribution >= 4 is 34.7 Å². The molecule has 8 nitrogen and oxygen atoms in total. The van der Waals surface area contributed by atoms with Gasteiger partial charge in [0, 0.05) is 25.0 Å². The largest absolute Gasteiger partial charge is 0.394 e. The van der Waals surface area contributed by atoms with Gasteiger partial charge in [0.2, 0.25) is 0 Å². The first-order valence-corrected chi connectivity index (χ1v) is 12.4. The fourth-order valence-electron chi connectivity index (χ4n) is 3.81. The van der Waals surface area contributed by atoms with Gasteiger partial charge in [0.05, 0.1) is 12.1 Å². The first-order chi connectivity index (χ1) is 16.3. The average molecular weight is 484 g/mol. The Morgan fingerprint density at radius 1 is 1.26 bits per heavy atom. The van der Waals surface area contributed by atoms with Gasteiger partial charge in [0.1, 0.15) is 15.3 Å². The van der Waals surface area contributed by atoms with Gasteiger partial charge in [-0.1, -0.05) is 12.1 Å². The zero-order valence-corrected chi connectivity index (χ0v) is 20.9. The van der Waals surface area contributed by atoms with Crippen molar-refractivity contribution in [2.75, 3.05) is 31.6 Å². The van der Waals surface area contributed by atoms with Gasteiger partial charge in [-0.15, -0.1) is 11.3 Å². The highest BCUT2D eigenvalue weighted by Crippen LogP contribution is 2.12. The first-order valence-electron chi connectivity index (χ1n) is 11.6. The molecule has 0 spiro atoms. The lowest BCUT2D eigenvalue weighted by molar-refractivity contribution is -0.117. The number of rotatable bonds is 9. The Balaban J connectivity index is 1.81. The summed E-state index contributed by atoms with van der Waals surface area (Å²) in [5.41, 5.74) is 0.834. The number of aliphatic hydroxyl groups excluding tert-OH is 1. The van der Waals surface area contributed by atoms with E-state index in [0.29, 0.717) is 15.7 Å². The second-order valence-electron chi connectivity index (χ2n) is 9.09. The lowest BCUT2D eigenvalue weighted by Crippen LogP contribution is -2.47. The number of amides is 1. The van der Waals surface area contributed by atoms with E-state index in [-0.39, 0.29) is 17.7 Å². The molecule has 3 N–H and O–H groups in total. The number of likely N-dealkylation sites (tertiary alicyclic amines) is 1. The molecule has 0 saturated carbocycles. The van der Waals surface area contributed by atoms with Crippen molar-refractivity contribution in [3.05, 3.63) is 49.4 Å². The maximum atomic E-state index is 12.9. The Morgan fingerprint density at radius 3 is 2.53 bits per heavy atom. The Labute approximate surface area is 203 Å². The second-order valence-corrected chi connectivity index (χ2v) is 10.1. The molecule has 182 valence electrons. The van der Waals surface area contributed by atoms with Crippen molar-refractivity contribution in [2.24, 2.45) is 0 Å². The number of hydrogen-bond donors (Lipinski definition) is 3. The molecule has 1 fully saturated rings. The summed E-state index contributed by atoms with van der Waals surface area (Å²) in [6, 6.07) is 10.1. The molecular weight excluding hydrogens is 450 g/mol. The van der Waals surface area contributed by atoms with Crippen molar-refractivity contribution in [3.63, 3.8) is 0 Å². The minimum absolute atomic E-state index is 0.146. The van der Waals surface area contributed by atoms with Crippen LogP contribution in [0.1, 0.15) is 39.2 Å². The number of hydrogen-bond acceptors (Lipinski definition) is 7. The molecule has 1 saturated heterocycles. The second kappa shape index (κ2) is 11.5. The van der Waals surface area contributed by atoms with Crippen LogP contribution in [-0.2, 0) is 17.8 Å². The summed E-state index contributed by atoms with van der Waals surface area (Å²) >= 11 is 1.09. The molecule has 2 aromatic rings. The molecule has 0 unspecified atom stereocenters. The van der Waals surface area contributed by atoms with Gasteiger partial charge >= 0.3 is 0 Å². The van der Waals surface area contributed by atoms with Crippen LogP contribution in [-0.4, -0.2) is 52.3 Å². The molecule has 1 aliphatic rings. The number of benzene rings is 1. The maximum Gasteiger partial charge on any atom is 0.270 e. The third kappa shape index (κ3) is 6.35. The standard InChI is InChI=1S/C25H33N5O3S/c1-4-30-23(33)21(34-24(30)20(15-26)22(32)28-25(2,3)17-31)16-27-19-9-7-18(8-10-19)11-14-29-12-5-6-13-29/h7-10,16,27,31H,4-6,11-14,17H2,1-3H3,(H,28,32)/b21-16+,24-20-. The van der Waals surface area contributed by atoms with E-state index < -0.39 is 11.4 Å². The Morgan fingerprint density at radius 2 is 1.94 bits per heavy atom. The highest BCUT2D eigenvalue weighted by molar-refractivity contribution is 7.07. The number of carbonyl (C=O) groups excluding carboxylic acids is 1. The summed E-state index contributed by atoms with van der Waals surface area (Å²) < 4.78 is 2.12. The van der Waals surface area contributed by atoms with Gasteiger partial charge in [0.15, 0.2) is 5.57 Å². The third-order valence-corrected chi connectivity index (χ3v) is 6.99. The van der Waals surface area contributed by atoms with Crippen molar-refractivity contribution in [2.45, 2.75) is 52.1 Å². The number of carbonyl (C=O) groups is 1. The molecule has 0 aliphatic carbocycles. The fraction of sp³-hybridized carbons (Fsp3) is 0.480. The van der Waals surface area contributed by atoms with Crippen LogP contribution in [0.25, 0.3) is 11.8 Å². The number of aliphatic hydroxyl groups is 1. The number of thiazole rings is 1. The summed E-state index contributed by atoms with van der Waals surface area (Å²) in [5.74, 6) is -0.617. The van der Waals surface area contributed by atoms with E-state index in [1.165, 1.54) is 36.1 Å². The van der Waals surface area contributed by atoms with Crippen LogP contribution in [0.5, 0.6) is 0 Å². The zero-order valence-electron chi connectivity index (χ0n) is 20.1. The van der Waals surface area contributed by atoms with Gasteiger partial charge in [-0.2, -0.15) is 5.26 Å². The number of aromatic nitrogens is 1. The normalized spacial score (nSPS) is 15.8. The average Bonchev–Trinajstić information content (AvgIpc) is 3.45. The quantitative estimate of drug-likeness (QED) is 0.491. The van der Waals surface area contributed by atoms with Crippen molar-refractivity contribution in [1.29, 1.82) is 5.26 Å². The molecule has 9 heteroatoms. The number of nitrogens with one attached hydrogen (secondary N) is 2. The van der Waals surface area contributed by atoms with Crippen LogP contribution in [0, 0.1) is 11.3 Å². The molecule has 1 aromatic carbocycles. The van der Waals surface area contributed by atoms with E-state index in [2.05, 4.69) is 27.7 Å². The monoisotopic (exact) mass is 483 g/mol. The predicted molar refractivity (Wildman–Crippen MR) is 136 cm³/mol. The van der Waals surface area contributed by atoms with Gasteiger partial charge in [0.25, 0.3) is 11.5 Å². The van der Waals surface area contributed by atoms with Gasteiger partial charge in [-0.25, -0.2) is 0 Å². The van der Waals surface area contributed by atoms with Crippen LogP contribution in [0.15, 0.2) is 29.1 Å². The van der Waals surface area contributed by atoms with Crippen molar-refractivity contribution in [1.82, 2.24) is 14.8 Å². The molecule has 0 bridgehead atoms. The highest BCUT2D eigenvalue weighted by Gasteiger charge is 2.23. The molecule has 0 radical (unpaired) electrons. The van der Waals surface area contributed by atoms with Crippen molar-refractivity contribution < 1.29 is 9.90 Å². The Hall–Kier alpha value is -2.93. The van der Waals surface area contributed by atoms with Crippen molar-refractivity contribution in [3.8, 4) is 6.07 Å². The van der Waals surface area contributed by atoms with E-state index in [1.807, 2.05) is 18.2 Å². The molecule has 1 aromatic heterocycles. The summed E-state index contributed by atoms with van der Waals surface area (Å²) in [6.07, 6.45) is 5.22. The molecule has 2 heterocycles. The van der Waals surface area contributed by atoms with Crippen LogP contribution in [0.3, 0.4) is 0 Å². The van der Waals surface area contributed by atoms with Crippen LogP contribution >= 0.6 is 11.3 Å². The summed E-state index contributed by atoms with van der Waals surface area (Å²) in [6.45, 7) is 8.62. The van der Waals surface area contributed by atoms with E-state index in [1.54, 1.807) is 27.0 Å². The summed E-state index contributed by atoms with van der Waals surface area (Å²) in [7, 11) is 0. The molecule has 3 rings (SSSR count). The SMILES string of the molecule is CCn1c(=O)/c(=C\Nc2ccc(CCN3CCCC3)cc2)s/c1=C(/C#N)C(=O)NC(C)(C)CO. The maximum absolute atomic E-state index is 12.9. The number of nitrogens with zero attached hydrogens (tertiary/aromatic N) is 3. The lowest BCUT2D eigenvalue weighted by atomic mass is 10.1. The highest BCUT2D eigenvalue weighted by atomic mass is 32.1. The van der Waals surface area contributed by atoms with Crippen LogP contribution < -0.4 is 25.4 Å². The van der Waals surface area contributed by atoms with Gasteiger partial charge < -0.3 is 20.6 Å². The third-order valence-electron chi connectivity index (χ3n) is 5.86. The minimum Gasteiger partial charge on any atom is -0.394 e. The Bertz CT molecular complexity index is 1220. The molecule has 1 amide bonds. The first kappa shape index (κ1) is 25.7. The van der Waals surface area contributed by atoms with Gasteiger partial charge in [-0.05, 0) is 70.8 Å². The van der Waals surface area contributed by atoms with Crippen LogP contribution in [0.2, 0.25) is 0 Å². The number of anilines is 1. The summed E-state index contributed by atoms with van der Waals surface area (Å²) in [4.78, 5) is 28.1. The fourth-order valence-corrected chi connectivity index (χ4v) is 4.89. The minimum atomic E-state index is -0.884. The van der Waals surface area contributed by atoms with E-state index in [4.69, 9.17) is 0 Å². The summed E-state index contributed by atoms with van der Waals surface area (Å²) in [5, 5.41) is 24.9. The Kier molecular flexibility index (Phi) is 8.67. The van der Waals surface area contributed by atoms with Crippen LogP contribution in [0.4, 0.5) is 5.69 Å². The predicted octanol–water partition coefficient (Wildman–Crippen LogP) is 0.979. The molecule has 0 atom stereocenters.